The van der Waals surface area contributed by atoms with Crippen LogP contribution in [-0.2, 0) is 14.9 Å². The number of benzene rings is 2. The fourth-order valence-electron chi connectivity index (χ4n) is 4.52. The second kappa shape index (κ2) is 5.31. The molecule has 5 rings (SSSR count). The Labute approximate surface area is 154 Å². The molecule has 0 radical (unpaired) electrons. The lowest BCUT2D eigenvalue weighted by atomic mass is 9.84. The largest absolute Gasteiger partial charge is 0.292 e. The summed E-state index contributed by atoms with van der Waals surface area (Å²) in [6, 6.07) is 15.0. The molecule has 1 saturated heterocycles. The summed E-state index contributed by atoms with van der Waals surface area (Å²) >= 11 is 0. The van der Waals surface area contributed by atoms with Gasteiger partial charge in [-0.05, 0) is 43.5 Å². The monoisotopic (exact) mass is 370 g/mol. The van der Waals surface area contributed by atoms with E-state index in [1.807, 2.05) is 55.4 Å². The number of sulfonamides is 1. The maximum Gasteiger partial charge on any atom is 0.264 e. The van der Waals surface area contributed by atoms with E-state index in [1.165, 1.54) is 0 Å². The third-order valence-corrected chi connectivity index (χ3v) is 7.81. The van der Waals surface area contributed by atoms with E-state index in [2.05, 4.69) is 0 Å². The van der Waals surface area contributed by atoms with Gasteiger partial charge in [0, 0.05) is 19.5 Å². The third-order valence-electron chi connectivity index (χ3n) is 6.01. The van der Waals surface area contributed by atoms with Crippen molar-refractivity contribution in [1.29, 1.82) is 0 Å². The number of nitrogens with zero attached hydrogens (tertiary/aromatic N) is 2. The highest BCUT2D eigenvalue weighted by molar-refractivity contribution is 7.92. The molecule has 2 atom stereocenters. The van der Waals surface area contributed by atoms with Crippen LogP contribution in [0, 0.1) is 12.8 Å². The van der Waals surface area contributed by atoms with Gasteiger partial charge in [0.05, 0.1) is 22.2 Å². The van der Waals surface area contributed by atoms with Crippen LogP contribution in [0.4, 0.5) is 5.69 Å². The predicted octanol–water partition coefficient (Wildman–Crippen LogP) is 3.27. The number of anilines is 1. The van der Waals surface area contributed by atoms with Gasteiger partial charge in [0.2, 0.25) is 0 Å². The van der Waals surface area contributed by atoms with Gasteiger partial charge in [-0.1, -0.05) is 35.9 Å². The highest BCUT2D eigenvalue weighted by Crippen LogP contribution is 2.60. The molecule has 26 heavy (non-hydrogen) atoms. The van der Waals surface area contributed by atoms with Gasteiger partial charge in [-0.15, -0.1) is 0 Å². The van der Waals surface area contributed by atoms with Gasteiger partial charge in [-0.2, -0.15) is 5.06 Å². The molecule has 0 aromatic heterocycles. The smallest absolute Gasteiger partial charge is 0.264 e. The molecule has 2 aromatic rings. The van der Waals surface area contributed by atoms with Crippen molar-refractivity contribution in [2.45, 2.75) is 36.3 Å². The number of hydrogen-bond acceptors (Lipinski definition) is 4. The quantitative estimate of drug-likeness (QED) is 0.814. The van der Waals surface area contributed by atoms with Gasteiger partial charge in [0.1, 0.15) is 0 Å². The first-order valence-corrected chi connectivity index (χ1v) is 10.5. The van der Waals surface area contributed by atoms with Crippen LogP contribution in [0.2, 0.25) is 0 Å². The van der Waals surface area contributed by atoms with Gasteiger partial charge in [0.25, 0.3) is 10.0 Å². The second-order valence-electron chi connectivity index (χ2n) is 7.66. The minimum absolute atomic E-state index is 0.109. The van der Waals surface area contributed by atoms with Gasteiger partial charge >= 0.3 is 0 Å². The van der Waals surface area contributed by atoms with Gasteiger partial charge in [-0.3, -0.25) is 9.14 Å². The number of hydroxylamine groups is 2. The second-order valence-corrected chi connectivity index (χ2v) is 9.52. The van der Waals surface area contributed by atoms with E-state index in [-0.39, 0.29) is 17.6 Å². The molecule has 0 amide bonds. The van der Waals surface area contributed by atoms with Crippen LogP contribution in [0.25, 0.3) is 0 Å². The minimum atomic E-state index is -3.61. The van der Waals surface area contributed by atoms with Crippen molar-refractivity contribution in [3.63, 3.8) is 0 Å². The van der Waals surface area contributed by atoms with Crippen LogP contribution in [0.3, 0.4) is 0 Å². The Hall–Kier alpha value is -1.89. The van der Waals surface area contributed by atoms with Crippen LogP contribution in [-0.4, -0.2) is 32.7 Å². The molecule has 0 N–H and O–H groups in total. The zero-order valence-electron chi connectivity index (χ0n) is 14.9. The molecule has 2 fully saturated rings. The van der Waals surface area contributed by atoms with Crippen LogP contribution in [0.1, 0.15) is 30.0 Å². The first kappa shape index (κ1) is 16.3. The number of aryl methyl sites for hydroxylation is 1. The van der Waals surface area contributed by atoms with E-state index in [9.17, 15) is 8.42 Å². The summed E-state index contributed by atoms with van der Waals surface area (Å²) in [7, 11) is -1.65. The Morgan fingerprint density at radius 2 is 1.77 bits per heavy atom. The van der Waals surface area contributed by atoms with E-state index in [0.717, 1.165) is 29.7 Å². The lowest BCUT2D eigenvalue weighted by molar-refractivity contribution is -0.155. The van der Waals surface area contributed by atoms with E-state index >= 15 is 0 Å². The van der Waals surface area contributed by atoms with Crippen LogP contribution in [0.15, 0.2) is 53.4 Å². The van der Waals surface area contributed by atoms with Crippen molar-refractivity contribution in [3.05, 3.63) is 59.7 Å². The Morgan fingerprint density at radius 1 is 1.08 bits per heavy atom. The molecule has 6 heteroatoms. The fraction of sp³-hybridized carbons (Fsp3) is 0.400. The highest BCUT2D eigenvalue weighted by atomic mass is 32.2. The van der Waals surface area contributed by atoms with E-state index in [4.69, 9.17) is 4.84 Å². The Balaban J connectivity index is 1.64. The summed E-state index contributed by atoms with van der Waals surface area (Å²) in [6.45, 7) is 2.42. The number of hydrogen-bond donors (Lipinski definition) is 0. The minimum Gasteiger partial charge on any atom is -0.292 e. The molecule has 0 bridgehead atoms. The summed E-state index contributed by atoms with van der Waals surface area (Å²) in [5.74, 6) is 0.155. The van der Waals surface area contributed by atoms with E-state index in [1.54, 1.807) is 16.4 Å². The maximum atomic E-state index is 13.4. The van der Waals surface area contributed by atoms with Crippen molar-refractivity contribution >= 4 is 15.7 Å². The van der Waals surface area contributed by atoms with Crippen molar-refractivity contribution in [1.82, 2.24) is 5.06 Å². The Morgan fingerprint density at radius 3 is 2.46 bits per heavy atom. The SMILES string of the molecule is Cc1ccc(S(=O)(=O)N2C[C@H]3[C@@H](c4ccccc42)N(C)OC32CC2)cc1. The Kier molecular flexibility index (Phi) is 3.33. The average Bonchev–Trinajstić information content (AvgIpc) is 3.34. The summed E-state index contributed by atoms with van der Waals surface area (Å²) in [6.07, 6.45) is 2.00. The molecule has 1 aliphatic carbocycles. The van der Waals surface area contributed by atoms with Crippen LogP contribution in [0.5, 0.6) is 0 Å². The molecular weight excluding hydrogens is 348 g/mol. The predicted molar refractivity (Wildman–Crippen MR) is 99.2 cm³/mol. The number of para-hydroxylation sites is 1. The molecule has 3 aliphatic rings. The molecule has 0 unspecified atom stereocenters. The van der Waals surface area contributed by atoms with Crippen LogP contribution < -0.4 is 4.31 Å². The lowest BCUT2D eigenvalue weighted by Crippen LogP contribution is -2.44. The topological polar surface area (TPSA) is 49.9 Å². The van der Waals surface area contributed by atoms with Crippen molar-refractivity contribution in [3.8, 4) is 0 Å². The summed E-state index contributed by atoms with van der Waals surface area (Å²) in [4.78, 5) is 6.50. The average molecular weight is 370 g/mol. The van der Waals surface area contributed by atoms with Crippen LogP contribution >= 0.6 is 0 Å². The summed E-state index contributed by atoms with van der Waals surface area (Å²) in [5, 5.41) is 1.94. The van der Waals surface area contributed by atoms with E-state index in [0.29, 0.717) is 11.4 Å². The number of rotatable bonds is 2. The van der Waals surface area contributed by atoms with Crippen molar-refractivity contribution in [2.24, 2.45) is 5.92 Å². The molecule has 5 nitrogen and oxygen atoms in total. The first-order valence-electron chi connectivity index (χ1n) is 9.03. The van der Waals surface area contributed by atoms with Crippen molar-refractivity contribution < 1.29 is 13.3 Å². The normalized spacial score (nSPS) is 26.6. The summed E-state index contributed by atoms with van der Waals surface area (Å²) < 4.78 is 28.5. The van der Waals surface area contributed by atoms with Gasteiger partial charge in [0.15, 0.2) is 0 Å². The molecule has 1 spiro atoms. The molecule has 2 heterocycles. The standard InChI is InChI=1S/C20H22N2O3S/c1-14-7-9-15(10-8-14)26(23,24)22-13-17-19(16-5-3-4-6-18(16)22)21(2)25-20(17)11-12-20/h3-10,17,19H,11-13H2,1-2H3/t17-,19+/m0/s1. The lowest BCUT2D eigenvalue weighted by Gasteiger charge is -2.38. The third kappa shape index (κ3) is 2.19. The molecule has 1 saturated carbocycles. The highest BCUT2D eigenvalue weighted by Gasteiger charge is 2.63. The van der Waals surface area contributed by atoms with Gasteiger partial charge in [-0.25, -0.2) is 8.42 Å². The zero-order chi connectivity index (χ0) is 18.1. The zero-order valence-corrected chi connectivity index (χ0v) is 15.7. The number of fused-ring (bicyclic) bond motifs is 4. The molecule has 2 aliphatic heterocycles. The first-order chi connectivity index (χ1) is 12.4. The van der Waals surface area contributed by atoms with E-state index < -0.39 is 10.0 Å². The molecule has 136 valence electrons. The molecular formula is C20H22N2O3S. The Bertz CT molecular complexity index is 967. The van der Waals surface area contributed by atoms with Gasteiger partial charge < -0.3 is 0 Å². The fourth-order valence-corrected chi connectivity index (χ4v) is 6.04. The summed E-state index contributed by atoms with van der Waals surface area (Å²) in [5.41, 5.74) is 2.66. The van der Waals surface area contributed by atoms with Crippen molar-refractivity contribution in [2.75, 3.05) is 17.9 Å². The molecule has 2 aromatic carbocycles. The maximum absolute atomic E-state index is 13.4.